The zero-order chi connectivity index (χ0) is 48.1. The van der Waals surface area contributed by atoms with Crippen LogP contribution >= 0.6 is 0 Å². The Morgan fingerprint density at radius 1 is 0.545 bits per heavy atom. The highest BCUT2D eigenvalue weighted by molar-refractivity contribution is 5.76. The Hall–Kier alpha value is -2.38. The minimum absolute atomic E-state index is 0.0320. The number of carbonyl (C=O) groups is 2. The van der Waals surface area contributed by atoms with Gasteiger partial charge in [-0.05, 0) is 96.3 Å². The number of nitrogens with one attached hydrogen (secondary N) is 1. The molecule has 0 spiro atoms. The fourth-order valence-electron chi connectivity index (χ4n) is 8.02. The SMILES string of the molecule is CCCCC/C=C/CC/C=C/C(O)C(COC1OC(CO)C(O)C(O)C1O)NC(=O)CCCCCCC/C=C\CCCCCCCCCOC(=O)CCCCCCC/C=C\CCCCCC. The van der Waals surface area contributed by atoms with E-state index in [2.05, 4.69) is 55.6 Å². The third-order valence-corrected chi connectivity index (χ3v) is 12.4. The molecule has 384 valence electrons. The third kappa shape index (κ3) is 34.8. The molecule has 0 aliphatic carbocycles. The minimum Gasteiger partial charge on any atom is -0.466 e. The van der Waals surface area contributed by atoms with Crippen LogP contribution in [0, 0.1) is 0 Å². The summed E-state index contributed by atoms with van der Waals surface area (Å²) >= 11 is 0. The molecule has 0 radical (unpaired) electrons. The molecule has 0 aromatic carbocycles. The van der Waals surface area contributed by atoms with Crippen molar-refractivity contribution in [3.63, 3.8) is 0 Å². The average Bonchev–Trinajstić information content (AvgIpc) is 3.31. The van der Waals surface area contributed by atoms with E-state index < -0.39 is 49.5 Å². The second kappa shape index (κ2) is 45.1. The molecule has 7 unspecified atom stereocenters. The van der Waals surface area contributed by atoms with E-state index in [1.54, 1.807) is 6.08 Å². The zero-order valence-electron chi connectivity index (χ0n) is 41.9. The standard InChI is InChI=1S/C55H99NO10/c1-3-5-7-9-11-13-14-19-23-27-31-35-39-43-51(60)64-44-40-36-32-28-24-21-18-16-15-17-20-22-26-30-34-38-42-50(59)56-47(48(58)41-37-33-29-25-12-10-8-6-4-2)46-65-55-54(63)53(62)52(61)49(45-57)66-55/h12-15,17,25,37,41,47-49,52-55,57-58,61-63H,3-11,16,18-24,26-36,38-40,42-46H2,1-2H3,(H,56,59)/b14-13-,17-15-,25-12+,41-37+. The Labute approximate surface area is 402 Å². The lowest BCUT2D eigenvalue weighted by atomic mass is 9.99. The lowest BCUT2D eigenvalue weighted by molar-refractivity contribution is -0.302. The number of carbonyl (C=O) groups excluding carboxylic acids is 2. The molecule has 11 nitrogen and oxygen atoms in total. The van der Waals surface area contributed by atoms with Gasteiger partial charge in [-0.25, -0.2) is 0 Å². The molecule has 66 heavy (non-hydrogen) atoms. The molecule has 0 aromatic heterocycles. The van der Waals surface area contributed by atoms with Crippen LogP contribution in [0.5, 0.6) is 0 Å². The summed E-state index contributed by atoms with van der Waals surface area (Å²) in [5.41, 5.74) is 0. The molecule has 1 amide bonds. The molecule has 6 N–H and O–H groups in total. The Kier molecular flexibility index (Phi) is 42.1. The van der Waals surface area contributed by atoms with E-state index >= 15 is 0 Å². The first-order valence-corrected chi connectivity index (χ1v) is 26.9. The van der Waals surface area contributed by atoms with Gasteiger partial charge in [0.2, 0.25) is 5.91 Å². The summed E-state index contributed by atoms with van der Waals surface area (Å²) in [5, 5.41) is 54.0. The van der Waals surface area contributed by atoms with Gasteiger partial charge in [0.25, 0.3) is 0 Å². The van der Waals surface area contributed by atoms with Crippen molar-refractivity contribution >= 4 is 11.9 Å². The number of allylic oxidation sites excluding steroid dienone is 7. The summed E-state index contributed by atoms with van der Waals surface area (Å²) in [6.45, 7) is 4.20. The van der Waals surface area contributed by atoms with Gasteiger partial charge < -0.3 is 45.1 Å². The van der Waals surface area contributed by atoms with Crippen LogP contribution in [0.1, 0.15) is 226 Å². The number of ether oxygens (including phenoxy) is 3. The number of aliphatic hydroxyl groups excluding tert-OH is 5. The van der Waals surface area contributed by atoms with Gasteiger partial charge in [-0.1, -0.05) is 165 Å². The highest BCUT2D eigenvalue weighted by Crippen LogP contribution is 2.23. The number of hydrogen-bond acceptors (Lipinski definition) is 10. The van der Waals surface area contributed by atoms with E-state index in [0.29, 0.717) is 19.4 Å². The molecule has 0 bridgehead atoms. The molecule has 1 heterocycles. The number of hydrogen-bond donors (Lipinski definition) is 6. The third-order valence-electron chi connectivity index (χ3n) is 12.4. The predicted octanol–water partition coefficient (Wildman–Crippen LogP) is 11.3. The van der Waals surface area contributed by atoms with Crippen LogP contribution in [0.3, 0.4) is 0 Å². The Balaban J connectivity index is 2.11. The van der Waals surface area contributed by atoms with Crippen molar-refractivity contribution < 1.29 is 49.3 Å². The van der Waals surface area contributed by atoms with Crippen LogP contribution in [0.2, 0.25) is 0 Å². The monoisotopic (exact) mass is 934 g/mol. The van der Waals surface area contributed by atoms with Gasteiger partial charge in [0.1, 0.15) is 24.4 Å². The molecule has 7 atom stereocenters. The van der Waals surface area contributed by atoms with Gasteiger partial charge >= 0.3 is 5.97 Å². The maximum atomic E-state index is 12.9. The van der Waals surface area contributed by atoms with Crippen molar-refractivity contribution in [3.05, 3.63) is 48.6 Å². The summed E-state index contributed by atoms with van der Waals surface area (Å²) in [4.78, 5) is 25.0. The first-order valence-electron chi connectivity index (χ1n) is 26.9. The van der Waals surface area contributed by atoms with E-state index in [9.17, 15) is 35.1 Å². The number of esters is 1. The summed E-state index contributed by atoms with van der Waals surface area (Å²) in [6.07, 6.45) is 44.9. The largest absolute Gasteiger partial charge is 0.466 e. The highest BCUT2D eigenvalue weighted by atomic mass is 16.7. The van der Waals surface area contributed by atoms with Crippen LogP contribution in [-0.2, 0) is 23.8 Å². The normalized spacial score (nSPS) is 20.0. The van der Waals surface area contributed by atoms with Gasteiger partial charge in [0.15, 0.2) is 6.29 Å². The van der Waals surface area contributed by atoms with Crippen LogP contribution in [0.15, 0.2) is 48.6 Å². The fraction of sp³-hybridized carbons (Fsp3) is 0.818. The number of rotatable bonds is 45. The van der Waals surface area contributed by atoms with Crippen molar-refractivity contribution in [3.8, 4) is 0 Å². The Morgan fingerprint density at radius 2 is 0.985 bits per heavy atom. The van der Waals surface area contributed by atoms with E-state index in [4.69, 9.17) is 14.2 Å². The van der Waals surface area contributed by atoms with Crippen LogP contribution in [0.4, 0.5) is 0 Å². The summed E-state index contributed by atoms with van der Waals surface area (Å²) in [6, 6.07) is -0.839. The van der Waals surface area contributed by atoms with E-state index in [1.807, 2.05) is 6.08 Å². The second-order valence-corrected chi connectivity index (χ2v) is 18.6. The summed E-state index contributed by atoms with van der Waals surface area (Å²) < 4.78 is 16.6. The molecule has 0 saturated carbocycles. The van der Waals surface area contributed by atoms with Crippen LogP contribution in [0.25, 0.3) is 0 Å². The maximum absolute atomic E-state index is 12.9. The molecule has 0 aromatic rings. The lowest BCUT2D eigenvalue weighted by Gasteiger charge is -2.40. The molecular weight excluding hydrogens is 835 g/mol. The number of amides is 1. The van der Waals surface area contributed by atoms with Crippen molar-refractivity contribution in [2.24, 2.45) is 0 Å². The van der Waals surface area contributed by atoms with Crippen molar-refractivity contribution in [2.45, 2.75) is 269 Å². The van der Waals surface area contributed by atoms with E-state index in [0.717, 1.165) is 89.9 Å². The summed E-state index contributed by atoms with van der Waals surface area (Å²) in [7, 11) is 0. The van der Waals surface area contributed by atoms with Crippen molar-refractivity contribution in [1.29, 1.82) is 0 Å². The average molecular weight is 934 g/mol. The molecule has 1 saturated heterocycles. The van der Waals surface area contributed by atoms with Gasteiger partial charge in [0.05, 0.1) is 32.0 Å². The molecule has 1 aliphatic heterocycles. The topological polar surface area (TPSA) is 175 Å². The van der Waals surface area contributed by atoms with Gasteiger partial charge in [0, 0.05) is 12.8 Å². The van der Waals surface area contributed by atoms with E-state index in [1.165, 1.54) is 109 Å². The van der Waals surface area contributed by atoms with Crippen molar-refractivity contribution in [1.82, 2.24) is 5.32 Å². The molecule has 11 heteroatoms. The van der Waals surface area contributed by atoms with E-state index in [-0.39, 0.29) is 18.5 Å². The van der Waals surface area contributed by atoms with Gasteiger partial charge in [-0.2, -0.15) is 0 Å². The lowest BCUT2D eigenvalue weighted by Crippen LogP contribution is -2.60. The first-order chi connectivity index (χ1) is 32.2. The minimum atomic E-state index is -1.58. The second-order valence-electron chi connectivity index (χ2n) is 18.6. The van der Waals surface area contributed by atoms with Gasteiger partial charge in [-0.3, -0.25) is 9.59 Å². The quantitative estimate of drug-likeness (QED) is 0.0196. The molecule has 1 rings (SSSR count). The Bertz CT molecular complexity index is 1240. The smallest absolute Gasteiger partial charge is 0.305 e. The fourth-order valence-corrected chi connectivity index (χ4v) is 8.02. The number of unbranched alkanes of at least 4 members (excludes halogenated alkanes) is 25. The van der Waals surface area contributed by atoms with Crippen molar-refractivity contribution in [2.75, 3.05) is 19.8 Å². The zero-order valence-corrected chi connectivity index (χ0v) is 41.9. The number of aliphatic hydroxyl groups is 5. The first kappa shape index (κ1) is 61.6. The summed E-state index contributed by atoms with van der Waals surface area (Å²) in [5.74, 6) is -0.245. The van der Waals surface area contributed by atoms with Gasteiger partial charge in [-0.15, -0.1) is 0 Å². The maximum Gasteiger partial charge on any atom is 0.305 e. The Morgan fingerprint density at radius 3 is 1.53 bits per heavy atom. The van der Waals surface area contributed by atoms with Crippen LogP contribution < -0.4 is 5.32 Å². The van der Waals surface area contributed by atoms with Crippen LogP contribution in [-0.4, -0.2) is 100 Å². The molecule has 1 fully saturated rings. The predicted molar refractivity (Wildman–Crippen MR) is 269 cm³/mol. The molecule has 1 aliphatic rings. The molecular formula is C55H99NO10. The highest BCUT2D eigenvalue weighted by Gasteiger charge is 2.44.